The van der Waals surface area contributed by atoms with Crippen molar-refractivity contribution in [2.24, 2.45) is 5.92 Å². The Bertz CT molecular complexity index is 998. The standard InChI is InChI=1S/C24H29N3O/c1-16(2)12-13-26-21-11-6-5-10-20(21)25-24(26)19-14-22(28)27(15-19)23-17(3)8-7-9-18(23)4/h5-11,16,19H,12-15H2,1-4H3/t19-/m1/s1. The van der Waals surface area contributed by atoms with E-state index >= 15 is 0 Å². The molecule has 1 saturated heterocycles. The molecule has 1 aliphatic heterocycles. The molecule has 3 aromatic rings. The third-order valence-electron chi connectivity index (χ3n) is 5.81. The molecule has 0 N–H and O–H groups in total. The van der Waals surface area contributed by atoms with Gasteiger partial charge < -0.3 is 9.47 Å². The van der Waals surface area contributed by atoms with Crippen molar-refractivity contribution in [3.63, 3.8) is 0 Å². The average Bonchev–Trinajstić information content (AvgIpc) is 3.20. The third kappa shape index (κ3) is 3.32. The second kappa shape index (κ2) is 7.42. The topological polar surface area (TPSA) is 38.1 Å². The number of hydrogen-bond donors (Lipinski definition) is 0. The van der Waals surface area contributed by atoms with Gasteiger partial charge in [0.05, 0.1) is 11.0 Å². The van der Waals surface area contributed by atoms with Gasteiger partial charge >= 0.3 is 0 Å². The fourth-order valence-electron chi connectivity index (χ4n) is 4.36. The van der Waals surface area contributed by atoms with E-state index in [0.717, 1.165) is 41.1 Å². The first kappa shape index (κ1) is 18.7. The number of carbonyl (C=O) groups excluding carboxylic acids is 1. The second-order valence-electron chi connectivity index (χ2n) is 8.44. The summed E-state index contributed by atoms with van der Waals surface area (Å²) in [6, 6.07) is 14.5. The largest absolute Gasteiger partial charge is 0.328 e. The number of hydrogen-bond acceptors (Lipinski definition) is 2. The van der Waals surface area contributed by atoms with E-state index in [1.807, 2.05) is 11.0 Å². The maximum absolute atomic E-state index is 12.9. The molecule has 1 aliphatic rings. The molecule has 0 spiro atoms. The zero-order valence-corrected chi connectivity index (χ0v) is 17.3. The van der Waals surface area contributed by atoms with Gasteiger partial charge in [0.25, 0.3) is 0 Å². The highest BCUT2D eigenvalue weighted by atomic mass is 16.2. The molecule has 28 heavy (non-hydrogen) atoms. The zero-order chi connectivity index (χ0) is 19.8. The number of aryl methyl sites for hydroxylation is 3. The van der Waals surface area contributed by atoms with Crippen molar-refractivity contribution < 1.29 is 4.79 Å². The maximum Gasteiger partial charge on any atom is 0.227 e. The van der Waals surface area contributed by atoms with Crippen molar-refractivity contribution in [1.29, 1.82) is 0 Å². The van der Waals surface area contributed by atoms with Crippen LogP contribution in [-0.2, 0) is 11.3 Å². The smallest absolute Gasteiger partial charge is 0.227 e. The Hall–Kier alpha value is -2.62. The van der Waals surface area contributed by atoms with Crippen molar-refractivity contribution in [2.45, 2.75) is 53.0 Å². The van der Waals surface area contributed by atoms with Crippen LogP contribution in [0.25, 0.3) is 11.0 Å². The van der Waals surface area contributed by atoms with Crippen LogP contribution < -0.4 is 4.90 Å². The van der Waals surface area contributed by atoms with Crippen molar-refractivity contribution in [3.8, 4) is 0 Å². The number of nitrogens with zero attached hydrogens (tertiary/aromatic N) is 3. The predicted molar refractivity (Wildman–Crippen MR) is 115 cm³/mol. The van der Waals surface area contributed by atoms with Crippen LogP contribution in [0.5, 0.6) is 0 Å². The first-order valence-electron chi connectivity index (χ1n) is 10.3. The number of anilines is 1. The Balaban J connectivity index is 1.71. The molecule has 0 saturated carbocycles. The number of para-hydroxylation sites is 3. The summed E-state index contributed by atoms with van der Waals surface area (Å²) >= 11 is 0. The van der Waals surface area contributed by atoms with Crippen LogP contribution in [0.4, 0.5) is 5.69 Å². The number of aromatic nitrogens is 2. The molecule has 1 aromatic heterocycles. The zero-order valence-electron chi connectivity index (χ0n) is 17.3. The summed E-state index contributed by atoms with van der Waals surface area (Å²) < 4.78 is 2.35. The first-order valence-corrected chi connectivity index (χ1v) is 10.3. The van der Waals surface area contributed by atoms with Gasteiger partial charge in [-0.2, -0.15) is 0 Å². The van der Waals surface area contributed by atoms with Crippen LogP contribution in [-0.4, -0.2) is 22.0 Å². The number of imidazole rings is 1. The lowest BCUT2D eigenvalue weighted by molar-refractivity contribution is -0.117. The summed E-state index contributed by atoms with van der Waals surface area (Å²) in [4.78, 5) is 19.9. The minimum Gasteiger partial charge on any atom is -0.328 e. The Kier molecular flexibility index (Phi) is 4.96. The van der Waals surface area contributed by atoms with E-state index in [1.54, 1.807) is 0 Å². The number of amides is 1. The minimum absolute atomic E-state index is 0.131. The lowest BCUT2D eigenvalue weighted by atomic mass is 10.1. The van der Waals surface area contributed by atoms with Gasteiger partial charge in [-0.1, -0.05) is 44.2 Å². The maximum atomic E-state index is 12.9. The molecule has 0 aliphatic carbocycles. The molecule has 2 heterocycles. The van der Waals surface area contributed by atoms with Gasteiger partial charge in [-0.3, -0.25) is 4.79 Å². The number of rotatable bonds is 5. The van der Waals surface area contributed by atoms with E-state index in [4.69, 9.17) is 4.98 Å². The highest BCUT2D eigenvalue weighted by molar-refractivity contribution is 5.98. The van der Waals surface area contributed by atoms with Crippen molar-refractivity contribution in [2.75, 3.05) is 11.4 Å². The molecule has 4 rings (SSSR count). The highest BCUT2D eigenvalue weighted by Gasteiger charge is 2.35. The van der Waals surface area contributed by atoms with Gasteiger partial charge in [0, 0.05) is 31.1 Å². The van der Waals surface area contributed by atoms with Crippen LogP contribution in [0, 0.1) is 19.8 Å². The van der Waals surface area contributed by atoms with Gasteiger partial charge in [-0.05, 0) is 49.4 Å². The van der Waals surface area contributed by atoms with E-state index in [0.29, 0.717) is 18.9 Å². The summed E-state index contributed by atoms with van der Waals surface area (Å²) in [6.07, 6.45) is 1.63. The Morgan fingerprint density at radius 1 is 1.07 bits per heavy atom. The monoisotopic (exact) mass is 375 g/mol. The summed E-state index contributed by atoms with van der Waals surface area (Å²) in [5.41, 5.74) is 5.58. The quantitative estimate of drug-likeness (QED) is 0.613. The molecule has 1 atom stereocenters. The van der Waals surface area contributed by atoms with Crippen LogP contribution in [0.3, 0.4) is 0 Å². The molecule has 1 fully saturated rings. The highest BCUT2D eigenvalue weighted by Crippen LogP contribution is 2.36. The van der Waals surface area contributed by atoms with Gasteiger partial charge in [-0.15, -0.1) is 0 Å². The van der Waals surface area contributed by atoms with Crippen molar-refractivity contribution in [1.82, 2.24) is 9.55 Å². The first-order chi connectivity index (χ1) is 13.5. The molecular formula is C24H29N3O. The summed E-state index contributed by atoms with van der Waals surface area (Å²) in [6.45, 7) is 10.3. The van der Waals surface area contributed by atoms with Gasteiger partial charge in [-0.25, -0.2) is 4.98 Å². The lowest BCUT2D eigenvalue weighted by Gasteiger charge is -2.21. The summed E-state index contributed by atoms with van der Waals surface area (Å²) in [5.74, 6) is 2.02. The van der Waals surface area contributed by atoms with Crippen molar-refractivity contribution in [3.05, 3.63) is 59.4 Å². The van der Waals surface area contributed by atoms with E-state index < -0.39 is 0 Å². The molecule has 0 unspecified atom stereocenters. The van der Waals surface area contributed by atoms with E-state index in [9.17, 15) is 4.79 Å². The van der Waals surface area contributed by atoms with E-state index in [-0.39, 0.29) is 11.8 Å². The second-order valence-corrected chi connectivity index (χ2v) is 8.44. The SMILES string of the molecule is Cc1cccc(C)c1N1C[C@H](c2nc3ccccc3n2CCC(C)C)CC1=O. The number of fused-ring (bicyclic) bond motifs is 1. The molecule has 0 bridgehead atoms. The molecule has 1 amide bonds. The number of carbonyl (C=O) groups is 1. The van der Waals surface area contributed by atoms with Gasteiger partial charge in [0.2, 0.25) is 5.91 Å². The van der Waals surface area contributed by atoms with E-state index in [1.165, 1.54) is 5.52 Å². The molecule has 4 nitrogen and oxygen atoms in total. The minimum atomic E-state index is 0.131. The fourth-order valence-corrected chi connectivity index (χ4v) is 4.36. The lowest BCUT2D eigenvalue weighted by Crippen LogP contribution is -2.26. The number of benzene rings is 2. The van der Waals surface area contributed by atoms with Crippen LogP contribution in [0.15, 0.2) is 42.5 Å². The Labute approximate surface area is 167 Å². The molecular weight excluding hydrogens is 346 g/mol. The van der Waals surface area contributed by atoms with E-state index in [2.05, 4.69) is 68.7 Å². The third-order valence-corrected chi connectivity index (χ3v) is 5.81. The Morgan fingerprint density at radius 2 is 1.79 bits per heavy atom. The van der Waals surface area contributed by atoms with Gasteiger partial charge in [0.15, 0.2) is 0 Å². The molecule has 4 heteroatoms. The van der Waals surface area contributed by atoms with Crippen LogP contribution in [0.1, 0.15) is 49.6 Å². The van der Waals surface area contributed by atoms with Crippen LogP contribution in [0.2, 0.25) is 0 Å². The van der Waals surface area contributed by atoms with Gasteiger partial charge in [0.1, 0.15) is 5.82 Å². The fraction of sp³-hybridized carbons (Fsp3) is 0.417. The Morgan fingerprint density at radius 3 is 2.50 bits per heavy atom. The predicted octanol–water partition coefficient (Wildman–Crippen LogP) is 5.22. The molecule has 0 radical (unpaired) electrons. The van der Waals surface area contributed by atoms with Crippen LogP contribution >= 0.6 is 0 Å². The molecule has 146 valence electrons. The summed E-state index contributed by atoms with van der Waals surface area (Å²) in [5, 5.41) is 0. The average molecular weight is 376 g/mol. The molecule has 2 aromatic carbocycles. The summed E-state index contributed by atoms with van der Waals surface area (Å²) in [7, 11) is 0. The normalized spacial score (nSPS) is 17.2. The van der Waals surface area contributed by atoms with Crippen molar-refractivity contribution >= 4 is 22.6 Å².